The number of ether oxygens (including phenoxy) is 3. The smallest absolute Gasteiger partial charge is 0.164 e. The first kappa shape index (κ1) is 20.0. The van der Waals surface area contributed by atoms with E-state index in [4.69, 9.17) is 19.0 Å². The number of benzene rings is 1. The van der Waals surface area contributed by atoms with Crippen molar-refractivity contribution in [3.63, 3.8) is 0 Å². The average molecular weight is 402 g/mol. The Bertz CT molecular complexity index is 799. The normalized spacial score (nSPS) is 24.8. The molecule has 0 saturated carbocycles. The summed E-state index contributed by atoms with van der Waals surface area (Å²) in [7, 11) is 3.26. The van der Waals surface area contributed by atoms with Crippen molar-refractivity contribution in [2.24, 2.45) is 11.1 Å². The summed E-state index contributed by atoms with van der Waals surface area (Å²) in [5.41, 5.74) is 3.33. The molecule has 158 valence electrons. The van der Waals surface area contributed by atoms with Gasteiger partial charge in [0, 0.05) is 50.9 Å². The average Bonchev–Trinajstić information content (AvgIpc) is 3.17. The van der Waals surface area contributed by atoms with Crippen LogP contribution in [0, 0.1) is 5.92 Å². The molecule has 1 fully saturated rings. The van der Waals surface area contributed by atoms with E-state index in [0.717, 1.165) is 56.3 Å². The highest BCUT2D eigenvalue weighted by molar-refractivity contribution is 6.06. The highest BCUT2D eigenvalue weighted by Crippen LogP contribution is 2.40. The first-order valence-corrected chi connectivity index (χ1v) is 10.3. The Morgan fingerprint density at radius 2 is 1.83 bits per heavy atom. The first-order chi connectivity index (χ1) is 14.1. The molecular weight excluding hydrogens is 370 g/mol. The van der Waals surface area contributed by atoms with Gasteiger partial charge in [-0.1, -0.05) is 16.8 Å². The molecule has 0 spiro atoms. The van der Waals surface area contributed by atoms with Gasteiger partial charge >= 0.3 is 0 Å². The van der Waals surface area contributed by atoms with Crippen molar-refractivity contribution in [3.05, 3.63) is 29.3 Å². The Balaban J connectivity index is 1.39. The number of hydrogen-bond donors (Lipinski definition) is 0. The van der Waals surface area contributed by atoms with Gasteiger partial charge < -0.3 is 19.0 Å². The van der Waals surface area contributed by atoms with Gasteiger partial charge in [-0.3, -0.25) is 9.80 Å². The molecule has 7 nitrogen and oxygen atoms in total. The van der Waals surface area contributed by atoms with Gasteiger partial charge in [0.1, 0.15) is 18.1 Å². The summed E-state index contributed by atoms with van der Waals surface area (Å²) in [5, 5.41) is 4.44. The summed E-state index contributed by atoms with van der Waals surface area (Å²) in [6, 6.07) is 3.81. The number of hydrogen-bond acceptors (Lipinski definition) is 7. The van der Waals surface area contributed by atoms with Gasteiger partial charge in [-0.15, -0.1) is 0 Å². The van der Waals surface area contributed by atoms with E-state index < -0.39 is 0 Å². The lowest BCUT2D eigenvalue weighted by molar-refractivity contribution is 0.0101. The standard InChI is InChI=1S/C22H31N3O4/c1-5-15(2)12-24-6-8-25(9-7-24)13-21-17-14-28-18-11-20(27-4)19(26-3)10-16(18)22(17)23-29-21/h5,10-11,17,21H,6-9,12-14H2,1-4H3/b15-5+. The quantitative estimate of drug-likeness (QED) is 0.683. The van der Waals surface area contributed by atoms with E-state index in [-0.39, 0.29) is 12.0 Å². The van der Waals surface area contributed by atoms with Crippen LogP contribution in [0.1, 0.15) is 19.4 Å². The van der Waals surface area contributed by atoms with Crippen LogP contribution in [0.2, 0.25) is 0 Å². The molecule has 0 radical (unpaired) electrons. The lowest BCUT2D eigenvalue weighted by Gasteiger charge is -2.36. The van der Waals surface area contributed by atoms with Crippen LogP contribution in [0.4, 0.5) is 0 Å². The molecule has 3 aliphatic rings. The molecule has 1 aromatic carbocycles. The molecule has 0 amide bonds. The third-order valence-electron chi connectivity index (χ3n) is 6.14. The van der Waals surface area contributed by atoms with Gasteiger partial charge in [-0.2, -0.15) is 0 Å². The molecule has 1 aromatic rings. The van der Waals surface area contributed by atoms with Gasteiger partial charge in [-0.25, -0.2) is 0 Å². The highest BCUT2D eigenvalue weighted by atomic mass is 16.6. The number of allylic oxidation sites excluding steroid dienone is 1. The summed E-state index contributed by atoms with van der Waals surface area (Å²) < 4.78 is 16.9. The molecule has 3 heterocycles. The molecule has 0 bridgehead atoms. The summed E-state index contributed by atoms with van der Waals surface area (Å²) in [4.78, 5) is 10.9. The van der Waals surface area contributed by atoms with E-state index in [1.165, 1.54) is 5.57 Å². The predicted molar refractivity (Wildman–Crippen MR) is 112 cm³/mol. The van der Waals surface area contributed by atoms with E-state index in [2.05, 4.69) is 34.9 Å². The van der Waals surface area contributed by atoms with Crippen LogP contribution in [0.25, 0.3) is 0 Å². The molecule has 3 aliphatic heterocycles. The van der Waals surface area contributed by atoms with Gasteiger partial charge in [0.15, 0.2) is 17.6 Å². The Kier molecular flexibility index (Phi) is 5.96. The Morgan fingerprint density at radius 1 is 1.14 bits per heavy atom. The highest BCUT2D eigenvalue weighted by Gasteiger charge is 2.41. The zero-order valence-electron chi connectivity index (χ0n) is 17.8. The van der Waals surface area contributed by atoms with Crippen molar-refractivity contribution < 1.29 is 19.0 Å². The van der Waals surface area contributed by atoms with Crippen LogP contribution in [0.3, 0.4) is 0 Å². The number of rotatable bonds is 6. The predicted octanol–water partition coefficient (Wildman–Crippen LogP) is 2.40. The minimum absolute atomic E-state index is 0.0232. The molecule has 0 N–H and O–H groups in total. The molecule has 2 atom stereocenters. The Hall–Kier alpha value is -2.25. The fourth-order valence-electron chi connectivity index (χ4n) is 4.23. The van der Waals surface area contributed by atoms with Crippen LogP contribution in [-0.2, 0) is 4.84 Å². The van der Waals surface area contributed by atoms with Gasteiger partial charge in [0.2, 0.25) is 0 Å². The Morgan fingerprint density at radius 3 is 2.52 bits per heavy atom. The van der Waals surface area contributed by atoms with Crippen molar-refractivity contribution in [1.82, 2.24) is 9.80 Å². The molecule has 1 saturated heterocycles. The zero-order chi connectivity index (χ0) is 20.4. The summed E-state index contributed by atoms with van der Waals surface area (Å²) in [5.74, 6) is 2.25. The second-order valence-corrected chi connectivity index (χ2v) is 7.95. The molecule has 4 rings (SSSR count). The second kappa shape index (κ2) is 8.63. The van der Waals surface area contributed by atoms with Crippen molar-refractivity contribution >= 4 is 5.71 Å². The second-order valence-electron chi connectivity index (χ2n) is 7.95. The largest absolute Gasteiger partial charge is 0.493 e. The van der Waals surface area contributed by atoms with Crippen LogP contribution >= 0.6 is 0 Å². The molecule has 29 heavy (non-hydrogen) atoms. The van der Waals surface area contributed by atoms with E-state index in [0.29, 0.717) is 18.1 Å². The lowest BCUT2D eigenvalue weighted by atomic mass is 9.90. The molecule has 2 unspecified atom stereocenters. The third-order valence-corrected chi connectivity index (χ3v) is 6.14. The molecular formula is C22H31N3O4. The van der Waals surface area contributed by atoms with Crippen LogP contribution in [0.5, 0.6) is 17.2 Å². The van der Waals surface area contributed by atoms with Crippen molar-refractivity contribution in [2.45, 2.75) is 20.0 Å². The van der Waals surface area contributed by atoms with E-state index in [1.54, 1.807) is 14.2 Å². The van der Waals surface area contributed by atoms with Crippen molar-refractivity contribution in [1.29, 1.82) is 0 Å². The monoisotopic (exact) mass is 401 g/mol. The Labute approximate surface area is 172 Å². The maximum absolute atomic E-state index is 6.04. The maximum atomic E-state index is 6.04. The van der Waals surface area contributed by atoms with Crippen molar-refractivity contribution in [3.8, 4) is 17.2 Å². The van der Waals surface area contributed by atoms with Crippen LogP contribution in [0.15, 0.2) is 28.9 Å². The minimum Gasteiger partial charge on any atom is -0.493 e. The SMILES string of the molecule is C/C=C(\C)CN1CCN(CC2ON=C3c4cc(OC)c(OC)cc4OCC32)CC1. The number of oxime groups is 1. The van der Waals surface area contributed by atoms with Crippen LogP contribution in [-0.4, -0.2) is 81.7 Å². The van der Waals surface area contributed by atoms with Crippen molar-refractivity contribution in [2.75, 3.05) is 60.1 Å². The van der Waals surface area contributed by atoms with E-state index >= 15 is 0 Å². The van der Waals surface area contributed by atoms with Crippen LogP contribution < -0.4 is 14.2 Å². The summed E-state index contributed by atoms with van der Waals surface area (Å²) in [6.07, 6.45) is 2.22. The van der Waals surface area contributed by atoms with Gasteiger partial charge in [0.25, 0.3) is 0 Å². The number of fused-ring (bicyclic) bond motifs is 3. The van der Waals surface area contributed by atoms with E-state index in [1.807, 2.05) is 12.1 Å². The van der Waals surface area contributed by atoms with Gasteiger partial charge in [0.05, 0.1) is 20.1 Å². The fourth-order valence-corrected chi connectivity index (χ4v) is 4.23. The number of nitrogens with zero attached hydrogens (tertiary/aromatic N) is 3. The molecule has 0 aromatic heterocycles. The zero-order valence-corrected chi connectivity index (χ0v) is 17.8. The third kappa shape index (κ3) is 4.07. The first-order valence-electron chi connectivity index (χ1n) is 10.3. The minimum atomic E-state index is 0.0232. The summed E-state index contributed by atoms with van der Waals surface area (Å²) >= 11 is 0. The molecule has 0 aliphatic carbocycles. The maximum Gasteiger partial charge on any atom is 0.164 e. The summed E-state index contributed by atoms with van der Waals surface area (Å²) in [6.45, 7) is 11.1. The van der Waals surface area contributed by atoms with E-state index in [9.17, 15) is 0 Å². The number of methoxy groups -OCH3 is 2. The lowest BCUT2D eigenvalue weighted by Crippen LogP contribution is -2.50. The van der Waals surface area contributed by atoms with Gasteiger partial charge in [-0.05, 0) is 19.9 Å². The topological polar surface area (TPSA) is 55.8 Å². The molecule has 7 heteroatoms. The number of piperazine rings is 1. The fraction of sp³-hybridized carbons (Fsp3) is 0.591.